The molecule has 5 aromatic rings. The highest BCUT2D eigenvalue weighted by molar-refractivity contribution is 6.30. The molecule has 27 heavy (non-hydrogen) atoms. The molecule has 0 unspecified atom stereocenters. The van der Waals surface area contributed by atoms with Crippen LogP contribution in [0.2, 0.25) is 5.02 Å². The zero-order valence-electron chi connectivity index (χ0n) is 14.8. The third kappa shape index (κ3) is 2.49. The van der Waals surface area contributed by atoms with Crippen LogP contribution in [0.4, 0.5) is 0 Å². The fourth-order valence-electron chi connectivity index (χ4n) is 3.19. The SMILES string of the molecule is Cc1ccc(-n2ncc3c2ncn2c(-c4cccc(Cl)c4)nnc32)cc1C. The van der Waals surface area contributed by atoms with Crippen molar-refractivity contribution in [2.45, 2.75) is 13.8 Å². The molecule has 0 saturated carbocycles. The third-order valence-corrected chi connectivity index (χ3v) is 5.03. The van der Waals surface area contributed by atoms with Gasteiger partial charge in [0.25, 0.3) is 0 Å². The maximum atomic E-state index is 6.12. The van der Waals surface area contributed by atoms with E-state index in [2.05, 4.69) is 46.3 Å². The Morgan fingerprint density at radius 2 is 1.81 bits per heavy atom. The van der Waals surface area contributed by atoms with E-state index in [-0.39, 0.29) is 0 Å². The third-order valence-electron chi connectivity index (χ3n) is 4.79. The highest BCUT2D eigenvalue weighted by atomic mass is 35.5. The number of nitrogens with zero attached hydrogens (tertiary/aromatic N) is 6. The fraction of sp³-hybridized carbons (Fsp3) is 0.100. The Morgan fingerprint density at radius 3 is 2.63 bits per heavy atom. The zero-order chi connectivity index (χ0) is 18.5. The van der Waals surface area contributed by atoms with Crippen LogP contribution in [0, 0.1) is 13.8 Å². The van der Waals surface area contributed by atoms with E-state index in [4.69, 9.17) is 11.6 Å². The van der Waals surface area contributed by atoms with Gasteiger partial charge in [0, 0.05) is 10.6 Å². The lowest BCUT2D eigenvalue weighted by molar-refractivity contribution is 0.891. The Kier molecular flexibility index (Phi) is 3.48. The molecular weight excluding hydrogens is 360 g/mol. The van der Waals surface area contributed by atoms with Gasteiger partial charge in [0.05, 0.1) is 17.3 Å². The van der Waals surface area contributed by atoms with Gasteiger partial charge in [0.15, 0.2) is 17.1 Å². The lowest BCUT2D eigenvalue weighted by atomic mass is 10.1. The first-order chi connectivity index (χ1) is 13.1. The Labute approximate surface area is 160 Å². The van der Waals surface area contributed by atoms with Gasteiger partial charge in [-0.05, 0) is 49.2 Å². The molecule has 0 aliphatic heterocycles. The summed E-state index contributed by atoms with van der Waals surface area (Å²) < 4.78 is 3.69. The number of aryl methyl sites for hydroxylation is 2. The number of fused-ring (bicyclic) bond motifs is 3. The average Bonchev–Trinajstić information content (AvgIpc) is 3.27. The van der Waals surface area contributed by atoms with Crippen LogP contribution in [0.3, 0.4) is 0 Å². The summed E-state index contributed by atoms with van der Waals surface area (Å²) in [6.07, 6.45) is 3.51. The Bertz CT molecular complexity index is 1320. The quantitative estimate of drug-likeness (QED) is 0.459. The van der Waals surface area contributed by atoms with Crippen LogP contribution in [-0.2, 0) is 0 Å². The number of halogens is 1. The normalized spacial score (nSPS) is 11.5. The smallest absolute Gasteiger partial charge is 0.175 e. The monoisotopic (exact) mass is 374 g/mol. The molecule has 132 valence electrons. The molecule has 7 heteroatoms. The molecule has 6 nitrogen and oxygen atoms in total. The van der Waals surface area contributed by atoms with Crippen molar-refractivity contribution in [1.29, 1.82) is 0 Å². The van der Waals surface area contributed by atoms with E-state index in [0.29, 0.717) is 16.5 Å². The number of benzene rings is 2. The van der Waals surface area contributed by atoms with Crippen LogP contribution in [-0.4, -0.2) is 29.4 Å². The van der Waals surface area contributed by atoms with Crippen molar-refractivity contribution >= 4 is 28.3 Å². The number of rotatable bonds is 2. The highest BCUT2D eigenvalue weighted by Crippen LogP contribution is 2.26. The molecule has 3 aromatic heterocycles. The number of aromatic nitrogens is 6. The van der Waals surface area contributed by atoms with Crippen LogP contribution in [0.5, 0.6) is 0 Å². The first-order valence-corrected chi connectivity index (χ1v) is 8.90. The number of hydrogen-bond donors (Lipinski definition) is 0. The highest BCUT2D eigenvalue weighted by Gasteiger charge is 2.15. The molecule has 0 bridgehead atoms. The predicted octanol–water partition coefficient (Wildman–Crippen LogP) is 4.40. The molecule has 0 atom stereocenters. The molecule has 0 spiro atoms. The van der Waals surface area contributed by atoms with E-state index < -0.39 is 0 Å². The second-order valence-corrected chi connectivity index (χ2v) is 6.97. The summed E-state index contributed by atoms with van der Waals surface area (Å²) in [5.74, 6) is 0.695. The summed E-state index contributed by atoms with van der Waals surface area (Å²) in [7, 11) is 0. The Hall–Kier alpha value is -3.25. The molecule has 3 heterocycles. The van der Waals surface area contributed by atoms with E-state index in [9.17, 15) is 0 Å². The van der Waals surface area contributed by atoms with Crippen molar-refractivity contribution < 1.29 is 0 Å². The lowest BCUT2D eigenvalue weighted by Crippen LogP contribution is -2.00. The molecule has 0 amide bonds. The fourth-order valence-corrected chi connectivity index (χ4v) is 3.38. The summed E-state index contributed by atoms with van der Waals surface area (Å²) in [5.41, 5.74) is 5.77. The summed E-state index contributed by atoms with van der Waals surface area (Å²) in [6.45, 7) is 4.18. The first kappa shape index (κ1) is 16.0. The second kappa shape index (κ2) is 5.89. The molecule has 0 radical (unpaired) electrons. The van der Waals surface area contributed by atoms with Crippen LogP contribution in [0.15, 0.2) is 55.0 Å². The van der Waals surface area contributed by atoms with Crippen molar-refractivity contribution in [3.63, 3.8) is 0 Å². The van der Waals surface area contributed by atoms with Crippen molar-refractivity contribution in [3.05, 3.63) is 71.1 Å². The minimum absolute atomic E-state index is 0.654. The van der Waals surface area contributed by atoms with Crippen molar-refractivity contribution in [3.8, 4) is 17.1 Å². The summed E-state index contributed by atoms with van der Waals surface area (Å²) in [6, 6.07) is 13.8. The van der Waals surface area contributed by atoms with Crippen LogP contribution >= 0.6 is 11.6 Å². The van der Waals surface area contributed by atoms with E-state index in [1.807, 2.05) is 39.4 Å². The maximum Gasteiger partial charge on any atom is 0.175 e. The van der Waals surface area contributed by atoms with Gasteiger partial charge in [-0.1, -0.05) is 29.8 Å². The summed E-state index contributed by atoms with van der Waals surface area (Å²) in [4.78, 5) is 4.63. The Balaban J connectivity index is 1.71. The summed E-state index contributed by atoms with van der Waals surface area (Å²) >= 11 is 6.12. The standard InChI is InChI=1S/C20H15ClN6/c1-12-6-7-16(8-13(12)2)27-19-17(10-23-27)20-25-24-18(26(20)11-22-19)14-4-3-5-15(21)9-14/h3-11H,1-2H3. The van der Waals surface area contributed by atoms with Gasteiger partial charge in [-0.25, -0.2) is 9.67 Å². The van der Waals surface area contributed by atoms with Crippen LogP contribution in [0.25, 0.3) is 33.8 Å². The maximum absolute atomic E-state index is 6.12. The van der Waals surface area contributed by atoms with Crippen LogP contribution < -0.4 is 0 Å². The molecular formula is C20H15ClN6. The van der Waals surface area contributed by atoms with Gasteiger partial charge >= 0.3 is 0 Å². The van der Waals surface area contributed by atoms with E-state index in [0.717, 1.165) is 22.3 Å². The van der Waals surface area contributed by atoms with E-state index in [1.165, 1.54) is 11.1 Å². The van der Waals surface area contributed by atoms with E-state index in [1.54, 1.807) is 12.5 Å². The van der Waals surface area contributed by atoms with Crippen molar-refractivity contribution in [2.75, 3.05) is 0 Å². The lowest BCUT2D eigenvalue weighted by Gasteiger charge is -2.06. The second-order valence-electron chi connectivity index (χ2n) is 6.53. The van der Waals surface area contributed by atoms with Gasteiger partial charge in [0.1, 0.15) is 6.33 Å². The molecule has 0 fully saturated rings. The molecule has 5 rings (SSSR count). The summed E-state index contributed by atoms with van der Waals surface area (Å²) in [5, 5.41) is 14.7. The molecule has 0 N–H and O–H groups in total. The van der Waals surface area contributed by atoms with Gasteiger partial charge in [-0.15, -0.1) is 10.2 Å². The minimum Gasteiger partial charge on any atom is -0.265 e. The zero-order valence-corrected chi connectivity index (χ0v) is 15.5. The van der Waals surface area contributed by atoms with Gasteiger partial charge < -0.3 is 0 Å². The van der Waals surface area contributed by atoms with Gasteiger partial charge in [-0.2, -0.15) is 5.10 Å². The van der Waals surface area contributed by atoms with Gasteiger partial charge in [-0.3, -0.25) is 4.40 Å². The minimum atomic E-state index is 0.654. The molecule has 0 saturated heterocycles. The largest absolute Gasteiger partial charge is 0.265 e. The average molecular weight is 375 g/mol. The van der Waals surface area contributed by atoms with E-state index >= 15 is 0 Å². The Morgan fingerprint density at radius 1 is 0.926 bits per heavy atom. The van der Waals surface area contributed by atoms with Gasteiger partial charge in [0.2, 0.25) is 0 Å². The van der Waals surface area contributed by atoms with Crippen LogP contribution in [0.1, 0.15) is 11.1 Å². The van der Waals surface area contributed by atoms with Crippen molar-refractivity contribution in [1.82, 2.24) is 29.4 Å². The molecule has 0 aliphatic rings. The van der Waals surface area contributed by atoms with Crippen molar-refractivity contribution in [2.24, 2.45) is 0 Å². The topological polar surface area (TPSA) is 60.9 Å². The first-order valence-electron chi connectivity index (χ1n) is 8.53. The molecule has 2 aromatic carbocycles. The predicted molar refractivity (Wildman–Crippen MR) is 105 cm³/mol. The number of hydrogen-bond acceptors (Lipinski definition) is 4. The molecule has 0 aliphatic carbocycles.